The SMILES string of the molecule is CC(C)(C)c1ccc(OCc2nnc(SCC(=O)NCC(=O)c3ccccc3)n2-c2ccccc2)cc1. The molecule has 0 saturated carbocycles. The van der Waals surface area contributed by atoms with Crippen LogP contribution in [0.5, 0.6) is 5.75 Å². The van der Waals surface area contributed by atoms with Crippen molar-refractivity contribution >= 4 is 23.5 Å². The van der Waals surface area contributed by atoms with Gasteiger partial charge in [0, 0.05) is 11.3 Å². The number of para-hydroxylation sites is 1. The zero-order valence-corrected chi connectivity index (χ0v) is 22.0. The predicted molar refractivity (Wildman–Crippen MR) is 145 cm³/mol. The molecule has 0 atom stereocenters. The highest BCUT2D eigenvalue weighted by Gasteiger charge is 2.18. The summed E-state index contributed by atoms with van der Waals surface area (Å²) in [7, 11) is 0. The van der Waals surface area contributed by atoms with Crippen molar-refractivity contribution in [1.29, 1.82) is 0 Å². The van der Waals surface area contributed by atoms with E-state index < -0.39 is 0 Å². The number of Topliss-reactive ketones (excluding diaryl/α,β-unsaturated/α-hetero) is 1. The van der Waals surface area contributed by atoms with Crippen molar-refractivity contribution < 1.29 is 14.3 Å². The number of thioether (sulfide) groups is 1. The highest BCUT2D eigenvalue weighted by Crippen LogP contribution is 2.26. The first-order chi connectivity index (χ1) is 17.8. The third kappa shape index (κ3) is 7.07. The van der Waals surface area contributed by atoms with Crippen LogP contribution < -0.4 is 10.1 Å². The standard InChI is InChI=1S/C29H30N4O3S/c1-29(2,3)22-14-16-24(17-15-22)36-19-26-31-32-28(33(26)23-12-8-5-9-13-23)37-20-27(35)30-18-25(34)21-10-6-4-7-11-21/h4-17H,18-20H2,1-3H3,(H,30,35). The van der Waals surface area contributed by atoms with Gasteiger partial charge in [-0.05, 0) is 35.2 Å². The molecule has 8 heteroatoms. The molecule has 0 spiro atoms. The molecular formula is C29H30N4O3S. The fourth-order valence-corrected chi connectivity index (χ4v) is 4.41. The van der Waals surface area contributed by atoms with E-state index in [4.69, 9.17) is 4.74 Å². The first-order valence-electron chi connectivity index (χ1n) is 12.0. The number of ether oxygens (including phenoxy) is 1. The van der Waals surface area contributed by atoms with Crippen LogP contribution in [0.2, 0.25) is 0 Å². The molecule has 0 fully saturated rings. The van der Waals surface area contributed by atoms with Crippen LogP contribution in [-0.2, 0) is 16.8 Å². The molecule has 1 amide bonds. The number of aromatic nitrogens is 3. The van der Waals surface area contributed by atoms with Crippen molar-refractivity contribution in [1.82, 2.24) is 20.1 Å². The van der Waals surface area contributed by atoms with Crippen LogP contribution in [0.4, 0.5) is 0 Å². The Morgan fingerprint density at radius 1 is 0.892 bits per heavy atom. The van der Waals surface area contributed by atoms with Crippen molar-refractivity contribution in [2.75, 3.05) is 12.3 Å². The average Bonchev–Trinajstić information content (AvgIpc) is 3.33. The largest absolute Gasteiger partial charge is 0.486 e. The maximum atomic E-state index is 12.4. The molecule has 4 aromatic rings. The first kappa shape index (κ1) is 26.2. The number of amides is 1. The van der Waals surface area contributed by atoms with Crippen molar-refractivity contribution in [3.8, 4) is 11.4 Å². The second-order valence-corrected chi connectivity index (χ2v) is 10.4. The number of nitrogens with zero attached hydrogens (tertiary/aromatic N) is 3. The van der Waals surface area contributed by atoms with Crippen molar-refractivity contribution in [2.24, 2.45) is 0 Å². The molecule has 4 rings (SSSR count). The monoisotopic (exact) mass is 514 g/mol. The molecule has 7 nitrogen and oxygen atoms in total. The van der Waals surface area contributed by atoms with E-state index in [1.165, 1.54) is 17.3 Å². The normalized spacial score (nSPS) is 11.2. The lowest BCUT2D eigenvalue weighted by atomic mass is 9.87. The van der Waals surface area contributed by atoms with Gasteiger partial charge in [-0.3, -0.25) is 14.2 Å². The predicted octanol–water partition coefficient (Wildman–Crippen LogP) is 5.24. The van der Waals surface area contributed by atoms with Crippen molar-refractivity contribution in [3.63, 3.8) is 0 Å². The molecule has 0 saturated heterocycles. The quantitative estimate of drug-likeness (QED) is 0.230. The summed E-state index contributed by atoms with van der Waals surface area (Å²) in [4.78, 5) is 24.7. The van der Waals surface area contributed by atoms with Gasteiger partial charge in [-0.2, -0.15) is 0 Å². The van der Waals surface area contributed by atoms with Gasteiger partial charge in [0.1, 0.15) is 12.4 Å². The van der Waals surface area contributed by atoms with E-state index in [2.05, 4.69) is 48.4 Å². The Morgan fingerprint density at radius 2 is 1.54 bits per heavy atom. The third-order valence-electron chi connectivity index (χ3n) is 5.68. The van der Waals surface area contributed by atoms with Crippen molar-refractivity contribution in [2.45, 2.75) is 37.9 Å². The number of ketones is 1. The highest BCUT2D eigenvalue weighted by molar-refractivity contribution is 7.99. The Bertz CT molecular complexity index is 1330. The van der Waals surface area contributed by atoms with Gasteiger partial charge in [-0.1, -0.05) is 93.2 Å². The summed E-state index contributed by atoms with van der Waals surface area (Å²) in [6, 6.07) is 26.7. The summed E-state index contributed by atoms with van der Waals surface area (Å²) >= 11 is 1.26. The smallest absolute Gasteiger partial charge is 0.230 e. The Kier molecular flexibility index (Phi) is 8.40. The van der Waals surface area contributed by atoms with E-state index in [0.29, 0.717) is 16.5 Å². The summed E-state index contributed by atoms with van der Waals surface area (Å²) in [5, 5.41) is 11.9. The molecule has 1 N–H and O–H groups in total. The lowest BCUT2D eigenvalue weighted by Gasteiger charge is -2.19. The molecule has 3 aromatic carbocycles. The van der Waals surface area contributed by atoms with Gasteiger partial charge in [0.2, 0.25) is 5.91 Å². The first-order valence-corrected chi connectivity index (χ1v) is 13.0. The van der Waals surface area contributed by atoms with Crippen LogP contribution in [0.15, 0.2) is 90.1 Å². The molecule has 1 heterocycles. The van der Waals surface area contributed by atoms with E-state index in [1.54, 1.807) is 24.3 Å². The van der Waals surface area contributed by atoms with E-state index in [1.807, 2.05) is 53.1 Å². The van der Waals surface area contributed by atoms with Crippen LogP contribution in [0.1, 0.15) is 42.5 Å². The van der Waals surface area contributed by atoms with E-state index in [0.717, 1.165) is 11.4 Å². The zero-order chi connectivity index (χ0) is 26.3. The van der Waals surface area contributed by atoms with Crippen molar-refractivity contribution in [3.05, 3.63) is 102 Å². The number of rotatable bonds is 10. The zero-order valence-electron chi connectivity index (χ0n) is 21.2. The van der Waals surface area contributed by atoms with Crippen LogP contribution in [-0.4, -0.2) is 38.8 Å². The summed E-state index contributed by atoms with van der Waals surface area (Å²) in [6.07, 6.45) is 0. The second kappa shape index (κ2) is 11.9. The molecule has 0 aliphatic heterocycles. The minimum Gasteiger partial charge on any atom is -0.486 e. The molecule has 0 aliphatic rings. The maximum absolute atomic E-state index is 12.4. The Morgan fingerprint density at radius 3 is 2.19 bits per heavy atom. The molecule has 190 valence electrons. The lowest BCUT2D eigenvalue weighted by molar-refractivity contribution is -0.118. The molecule has 1 aromatic heterocycles. The highest BCUT2D eigenvalue weighted by atomic mass is 32.2. The Labute approximate surface area is 221 Å². The minimum atomic E-state index is -0.256. The number of hydrogen-bond acceptors (Lipinski definition) is 6. The van der Waals surface area contributed by atoms with Gasteiger partial charge in [-0.15, -0.1) is 10.2 Å². The fourth-order valence-electron chi connectivity index (χ4n) is 3.61. The molecule has 0 radical (unpaired) electrons. The van der Waals surface area contributed by atoms with Gasteiger partial charge in [0.05, 0.1) is 12.3 Å². The number of carbonyl (C=O) groups excluding carboxylic acids is 2. The van der Waals surface area contributed by atoms with Gasteiger partial charge in [0.15, 0.2) is 16.8 Å². The van der Waals surface area contributed by atoms with E-state index in [-0.39, 0.29) is 36.0 Å². The summed E-state index contributed by atoms with van der Waals surface area (Å²) in [5.41, 5.74) is 2.74. The van der Waals surface area contributed by atoms with Gasteiger partial charge in [-0.25, -0.2) is 0 Å². The fraction of sp³-hybridized carbons (Fsp3) is 0.241. The van der Waals surface area contributed by atoms with E-state index in [9.17, 15) is 9.59 Å². The van der Waals surface area contributed by atoms with Crippen LogP contribution >= 0.6 is 11.8 Å². The minimum absolute atomic E-state index is 0.0537. The number of benzene rings is 3. The number of carbonyl (C=O) groups is 2. The van der Waals surface area contributed by atoms with Crippen LogP contribution in [0.3, 0.4) is 0 Å². The molecule has 37 heavy (non-hydrogen) atoms. The summed E-state index contributed by atoms with van der Waals surface area (Å²) in [5.74, 6) is 1.07. The average molecular weight is 515 g/mol. The van der Waals surface area contributed by atoms with Gasteiger partial charge >= 0.3 is 0 Å². The lowest BCUT2D eigenvalue weighted by Crippen LogP contribution is -2.30. The number of hydrogen-bond donors (Lipinski definition) is 1. The molecule has 0 unspecified atom stereocenters. The maximum Gasteiger partial charge on any atom is 0.230 e. The topological polar surface area (TPSA) is 86.1 Å². The molecule has 0 bridgehead atoms. The van der Waals surface area contributed by atoms with E-state index >= 15 is 0 Å². The van der Waals surface area contributed by atoms with Gasteiger partial charge < -0.3 is 10.1 Å². The van der Waals surface area contributed by atoms with Crippen LogP contribution in [0, 0.1) is 0 Å². The third-order valence-corrected chi connectivity index (χ3v) is 6.61. The Balaban J connectivity index is 1.41. The van der Waals surface area contributed by atoms with Crippen LogP contribution in [0.25, 0.3) is 5.69 Å². The second-order valence-electron chi connectivity index (χ2n) is 9.49. The summed E-state index contributed by atoms with van der Waals surface area (Å²) < 4.78 is 7.90. The summed E-state index contributed by atoms with van der Waals surface area (Å²) in [6.45, 7) is 6.68. The van der Waals surface area contributed by atoms with Gasteiger partial charge in [0.25, 0.3) is 0 Å². The molecular weight excluding hydrogens is 484 g/mol. The molecule has 0 aliphatic carbocycles. The Hall–Kier alpha value is -3.91. The number of nitrogens with one attached hydrogen (secondary N) is 1.